The van der Waals surface area contributed by atoms with E-state index in [1.54, 1.807) is 4.90 Å². The molecule has 25 heavy (non-hydrogen) atoms. The minimum Gasteiger partial charge on any atom is -0.469 e. The first-order valence-electron chi connectivity index (χ1n) is 8.31. The maximum atomic E-state index is 12.6. The van der Waals surface area contributed by atoms with Crippen LogP contribution in [-0.2, 0) is 20.9 Å². The summed E-state index contributed by atoms with van der Waals surface area (Å²) in [5.41, 5.74) is 1.84. The lowest BCUT2D eigenvalue weighted by molar-refractivity contribution is -0.146. The van der Waals surface area contributed by atoms with Crippen LogP contribution in [0.3, 0.4) is 0 Å². The Labute approximate surface area is 147 Å². The van der Waals surface area contributed by atoms with Crippen LogP contribution in [0.1, 0.15) is 23.6 Å². The van der Waals surface area contributed by atoms with Crippen molar-refractivity contribution in [2.45, 2.75) is 19.1 Å². The van der Waals surface area contributed by atoms with Crippen LogP contribution in [0.25, 0.3) is 0 Å². The first-order valence-corrected chi connectivity index (χ1v) is 8.31. The highest BCUT2D eigenvalue weighted by Crippen LogP contribution is 2.38. The molecule has 0 spiro atoms. The summed E-state index contributed by atoms with van der Waals surface area (Å²) in [4.78, 5) is 26.4. The van der Waals surface area contributed by atoms with Gasteiger partial charge in [0.15, 0.2) is 0 Å². The lowest BCUT2D eigenvalue weighted by Crippen LogP contribution is -2.34. The number of carbonyl (C=O) groups is 2. The molecule has 2 aromatic rings. The zero-order chi connectivity index (χ0) is 17.6. The molecule has 2 atom stereocenters. The van der Waals surface area contributed by atoms with E-state index in [2.05, 4.69) is 0 Å². The molecule has 0 unspecified atom stereocenters. The quantitative estimate of drug-likeness (QED) is 0.799. The van der Waals surface area contributed by atoms with Gasteiger partial charge in [-0.15, -0.1) is 0 Å². The number of hydrogen-bond donors (Lipinski definition) is 0. The SMILES string of the molecule is COC(=O)[C@H]1CCN(C(=O)OCc2ccccc2)[C@@H]1c1ccccc1. The Morgan fingerprint density at radius 2 is 1.68 bits per heavy atom. The largest absolute Gasteiger partial charge is 0.469 e. The van der Waals surface area contributed by atoms with E-state index in [0.717, 1.165) is 11.1 Å². The molecule has 130 valence electrons. The fourth-order valence-corrected chi connectivity index (χ4v) is 3.26. The maximum Gasteiger partial charge on any atom is 0.410 e. The van der Waals surface area contributed by atoms with Crippen molar-refractivity contribution in [3.63, 3.8) is 0 Å². The third kappa shape index (κ3) is 3.82. The van der Waals surface area contributed by atoms with Crippen LogP contribution in [0.4, 0.5) is 4.79 Å². The van der Waals surface area contributed by atoms with Gasteiger partial charge >= 0.3 is 12.1 Å². The molecular weight excluding hydrogens is 318 g/mol. The molecule has 0 radical (unpaired) electrons. The number of amides is 1. The molecule has 0 aliphatic carbocycles. The molecule has 1 saturated heterocycles. The molecule has 0 saturated carbocycles. The van der Waals surface area contributed by atoms with E-state index < -0.39 is 6.09 Å². The van der Waals surface area contributed by atoms with Crippen LogP contribution in [0.15, 0.2) is 60.7 Å². The van der Waals surface area contributed by atoms with Crippen molar-refractivity contribution in [3.8, 4) is 0 Å². The second-order valence-corrected chi connectivity index (χ2v) is 6.01. The standard InChI is InChI=1S/C20H21NO4/c1-24-19(22)17-12-13-21(18(17)16-10-6-3-7-11-16)20(23)25-14-15-8-4-2-5-9-15/h2-11,17-18H,12-14H2,1H3/t17-,18+/m0/s1. The van der Waals surface area contributed by atoms with E-state index in [1.165, 1.54) is 7.11 Å². The Bertz CT molecular complexity index is 717. The van der Waals surface area contributed by atoms with E-state index in [9.17, 15) is 9.59 Å². The van der Waals surface area contributed by atoms with E-state index in [1.807, 2.05) is 60.7 Å². The molecule has 0 N–H and O–H groups in total. The van der Waals surface area contributed by atoms with Crippen molar-refractivity contribution in [2.24, 2.45) is 5.92 Å². The van der Waals surface area contributed by atoms with Gasteiger partial charge in [0, 0.05) is 6.54 Å². The Morgan fingerprint density at radius 3 is 2.32 bits per heavy atom. The number of esters is 1. The van der Waals surface area contributed by atoms with Crippen LogP contribution >= 0.6 is 0 Å². The first kappa shape index (κ1) is 17.0. The summed E-state index contributed by atoms with van der Waals surface area (Å²) >= 11 is 0. The summed E-state index contributed by atoms with van der Waals surface area (Å²) in [6.45, 7) is 0.674. The van der Waals surface area contributed by atoms with Crippen molar-refractivity contribution in [1.82, 2.24) is 4.90 Å². The van der Waals surface area contributed by atoms with Gasteiger partial charge in [0.1, 0.15) is 6.61 Å². The summed E-state index contributed by atoms with van der Waals surface area (Å²) in [7, 11) is 1.38. The van der Waals surface area contributed by atoms with Crippen molar-refractivity contribution < 1.29 is 19.1 Å². The second kappa shape index (κ2) is 7.83. The van der Waals surface area contributed by atoms with E-state index >= 15 is 0 Å². The molecule has 1 heterocycles. The summed E-state index contributed by atoms with van der Waals surface area (Å²) in [5, 5.41) is 0. The topological polar surface area (TPSA) is 55.8 Å². The highest BCUT2D eigenvalue weighted by atomic mass is 16.6. The van der Waals surface area contributed by atoms with Gasteiger partial charge in [0.25, 0.3) is 0 Å². The van der Waals surface area contributed by atoms with Crippen molar-refractivity contribution in [1.29, 1.82) is 0 Å². The van der Waals surface area contributed by atoms with Gasteiger partial charge in [-0.1, -0.05) is 60.7 Å². The zero-order valence-corrected chi connectivity index (χ0v) is 14.1. The fraction of sp³-hybridized carbons (Fsp3) is 0.300. The fourth-order valence-electron chi connectivity index (χ4n) is 3.26. The molecule has 1 aliphatic rings. The van der Waals surface area contributed by atoms with Gasteiger partial charge in [0.2, 0.25) is 0 Å². The van der Waals surface area contributed by atoms with Crippen LogP contribution in [0.2, 0.25) is 0 Å². The Hall–Kier alpha value is -2.82. The summed E-state index contributed by atoms with van der Waals surface area (Å²) in [6.07, 6.45) is 0.149. The molecule has 0 aromatic heterocycles. The van der Waals surface area contributed by atoms with Gasteiger partial charge in [-0.25, -0.2) is 4.79 Å². The lowest BCUT2D eigenvalue weighted by Gasteiger charge is -2.27. The summed E-state index contributed by atoms with van der Waals surface area (Å²) < 4.78 is 10.4. The maximum absolute atomic E-state index is 12.6. The Balaban J connectivity index is 1.76. The minimum atomic E-state index is -0.413. The third-order valence-corrected chi connectivity index (χ3v) is 4.48. The number of nitrogens with zero attached hydrogens (tertiary/aromatic N) is 1. The monoisotopic (exact) mass is 339 g/mol. The van der Waals surface area contributed by atoms with Gasteiger partial charge < -0.3 is 14.4 Å². The lowest BCUT2D eigenvalue weighted by atomic mass is 9.94. The number of ether oxygens (including phenoxy) is 2. The second-order valence-electron chi connectivity index (χ2n) is 6.01. The molecule has 3 rings (SSSR count). The molecule has 1 fully saturated rings. The van der Waals surface area contributed by atoms with E-state index in [0.29, 0.717) is 13.0 Å². The van der Waals surface area contributed by atoms with Crippen LogP contribution in [0, 0.1) is 5.92 Å². The molecule has 5 heteroatoms. The highest BCUT2D eigenvalue weighted by molar-refractivity contribution is 5.77. The minimum absolute atomic E-state index is 0.209. The Kier molecular flexibility index (Phi) is 5.33. The van der Waals surface area contributed by atoms with Crippen LogP contribution in [-0.4, -0.2) is 30.6 Å². The third-order valence-electron chi connectivity index (χ3n) is 4.48. The molecule has 2 aromatic carbocycles. The molecule has 1 aliphatic heterocycles. The molecular formula is C20H21NO4. The number of carbonyl (C=O) groups excluding carboxylic acids is 2. The van der Waals surface area contributed by atoms with Gasteiger partial charge in [0.05, 0.1) is 19.1 Å². The van der Waals surface area contributed by atoms with E-state index in [4.69, 9.17) is 9.47 Å². The average Bonchev–Trinajstić information content (AvgIpc) is 3.12. The number of benzene rings is 2. The molecule has 5 nitrogen and oxygen atoms in total. The molecule has 0 bridgehead atoms. The van der Waals surface area contributed by atoms with Crippen molar-refractivity contribution in [2.75, 3.05) is 13.7 Å². The zero-order valence-electron chi connectivity index (χ0n) is 14.1. The van der Waals surface area contributed by atoms with Crippen molar-refractivity contribution >= 4 is 12.1 Å². The van der Waals surface area contributed by atoms with Gasteiger partial charge in [-0.3, -0.25) is 4.79 Å². The van der Waals surface area contributed by atoms with Crippen LogP contribution < -0.4 is 0 Å². The van der Waals surface area contributed by atoms with Crippen LogP contribution in [0.5, 0.6) is 0 Å². The summed E-state index contributed by atoms with van der Waals surface area (Å²) in [5.74, 6) is -0.677. The first-order chi connectivity index (χ1) is 12.2. The number of rotatable bonds is 4. The number of methoxy groups -OCH3 is 1. The van der Waals surface area contributed by atoms with E-state index in [-0.39, 0.29) is 24.5 Å². The number of likely N-dealkylation sites (tertiary alicyclic amines) is 1. The normalized spacial score (nSPS) is 19.5. The van der Waals surface area contributed by atoms with Crippen molar-refractivity contribution in [3.05, 3.63) is 71.8 Å². The van der Waals surface area contributed by atoms with Gasteiger partial charge in [-0.05, 0) is 17.5 Å². The molecule has 1 amide bonds. The average molecular weight is 339 g/mol. The Morgan fingerprint density at radius 1 is 1.04 bits per heavy atom. The predicted octanol–water partition coefficient (Wildman–Crippen LogP) is 3.56. The predicted molar refractivity (Wildman–Crippen MR) is 92.6 cm³/mol. The highest BCUT2D eigenvalue weighted by Gasteiger charge is 2.43. The smallest absolute Gasteiger partial charge is 0.410 e. The summed E-state index contributed by atoms with van der Waals surface area (Å²) in [6, 6.07) is 18.7. The van der Waals surface area contributed by atoms with Gasteiger partial charge in [-0.2, -0.15) is 0 Å². The number of hydrogen-bond acceptors (Lipinski definition) is 4.